The molecule has 0 aromatic heterocycles. The number of aliphatic hydroxyl groups is 1. The second-order valence-electron chi connectivity index (χ2n) is 16.3. The van der Waals surface area contributed by atoms with Crippen molar-refractivity contribution in [1.29, 1.82) is 0 Å². The van der Waals surface area contributed by atoms with E-state index in [1.165, 1.54) is 0 Å². The van der Waals surface area contributed by atoms with Crippen LogP contribution in [0, 0.1) is 5.41 Å². The van der Waals surface area contributed by atoms with Crippen molar-refractivity contribution in [2.45, 2.75) is 128 Å². The third kappa shape index (κ3) is 5.10. The number of hydrogen-bond donors (Lipinski definition) is 1. The van der Waals surface area contributed by atoms with E-state index in [1.807, 2.05) is 20.8 Å². The van der Waals surface area contributed by atoms with E-state index in [2.05, 4.69) is 69.5 Å². The van der Waals surface area contributed by atoms with Gasteiger partial charge < -0.3 is 29.0 Å². The Morgan fingerprint density at radius 2 is 1.60 bits per heavy atom. The molecule has 4 aliphatic heterocycles. The first-order valence-corrected chi connectivity index (χ1v) is 16.1. The standard InChI is InChI=1S/C33H50BN3O6/c1-29(2,3)41-28(40)35-14-12-33(13-15-35)24-11-10-21(34-42-31(6,7)32(8,9)43-34)16-25(24)37(27(33)39)23-17-22(18-23)36-19-26(38)30(4,5)20-36/h10-11,16,22-23,26,38H,12-15,17-20H2,1-9H3/t22-,23+,26-/m1/s1. The smallest absolute Gasteiger partial charge is 0.444 e. The zero-order valence-corrected chi connectivity index (χ0v) is 27.5. The summed E-state index contributed by atoms with van der Waals surface area (Å²) in [6, 6.07) is 6.72. The van der Waals surface area contributed by atoms with Crippen molar-refractivity contribution >= 4 is 30.3 Å². The maximum atomic E-state index is 14.6. The van der Waals surface area contributed by atoms with Crippen LogP contribution >= 0.6 is 0 Å². The number of amides is 2. The fourth-order valence-corrected chi connectivity index (χ4v) is 7.49. The fourth-order valence-electron chi connectivity index (χ4n) is 7.49. The Hall–Kier alpha value is -2.14. The van der Waals surface area contributed by atoms with Gasteiger partial charge in [-0.05, 0) is 91.2 Å². The summed E-state index contributed by atoms with van der Waals surface area (Å²) < 4.78 is 18.4. The second-order valence-corrected chi connectivity index (χ2v) is 16.3. The Bertz CT molecular complexity index is 1280. The minimum Gasteiger partial charge on any atom is -0.444 e. The molecule has 4 heterocycles. The quantitative estimate of drug-likeness (QED) is 0.532. The molecule has 0 radical (unpaired) electrons. The van der Waals surface area contributed by atoms with Crippen molar-refractivity contribution in [1.82, 2.24) is 9.80 Å². The number of nitrogens with zero attached hydrogens (tertiary/aromatic N) is 3. The maximum Gasteiger partial charge on any atom is 0.494 e. The molecule has 1 aliphatic carbocycles. The van der Waals surface area contributed by atoms with Crippen LogP contribution in [0.2, 0.25) is 0 Å². The molecular formula is C33H50BN3O6. The number of β-amino-alcohol motifs (C(OH)–C–C–N with tert-alkyl or cyclic N) is 1. The summed E-state index contributed by atoms with van der Waals surface area (Å²) in [5.41, 5.74) is 0.637. The number of aliphatic hydroxyl groups excluding tert-OH is 1. The Kier molecular flexibility index (Phi) is 7.13. The van der Waals surface area contributed by atoms with Crippen LogP contribution in [-0.2, 0) is 24.3 Å². The lowest BCUT2D eigenvalue weighted by Crippen LogP contribution is -2.58. The normalized spacial score (nSPS) is 31.0. The van der Waals surface area contributed by atoms with E-state index in [0.717, 1.165) is 36.1 Å². The number of likely N-dealkylation sites (tertiary alicyclic amines) is 2. The molecule has 0 unspecified atom stereocenters. The molecular weight excluding hydrogens is 545 g/mol. The molecule has 1 N–H and O–H groups in total. The highest BCUT2D eigenvalue weighted by molar-refractivity contribution is 6.62. The van der Waals surface area contributed by atoms with Crippen molar-refractivity contribution in [3.05, 3.63) is 23.8 Å². The Labute approximate surface area is 257 Å². The minimum atomic E-state index is -0.667. The van der Waals surface area contributed by atoms with Gasteiger partial charge >= 0.3 is 13.2 Å². The highest BCUT2D eigenvalue weighted by Crippen LogP contribution is 2.51. The third-order valence-electron chi connectivity index (χ3n) is 11.1. The summed E-state index contributed by atoms with van der Waals surface area (Å²) in [6.45, 7) is 20.6. The highest BCUT2D eigenvalue weighted by Gasteiger charge is 2.58. The van der Waals surface area contributed by atoms with Gasteiger partial charge in [-0.2, -0.15) is 0 Å². The fraction of sp³-hybridized carbons (Fsp3) is 0.758. The zero-order valence-electron chi connectivity index (χ0n) is 27.5. The van der Waals surface area contributed by atoms with Gasteiger partial charge in [0.2, 0.25) is 5.91 Å². The summed E-state index contributed by atoms with van der Waals surface area (Å²) in [7, 11) is -0.514. The first-order chi connectivity index (χ1) is 19.8. The molecule has 1 aromatic rings. The van der Waals surface area contributed by atoms with E-state index in [4.69, 9.17) is 14.0 Å². The number of carbonyl (C=O) groups is 2. The average Bonchev–Trinajstić information content (AvgIpc) is 3.35. The molecule has 5 aliphatic rings. The number of rotatable bonds is 3. The molecule has 6 rings (SSSR count). The van der Waals surface area contributed by atoms with Crippen molar-refractivity contribution in [2.24, 2.45) is 5.41 Å². The van der Waals surface area contributed by atoms with E-state index in [1.54, 1.807) is 4.90 Å². The van der Waals surface area contributed by atoms with Gasteiger partial charge in [0, 0.05) is 49.4 Å². The van der Waals surface area contributed by atoms with Gasteiger partial charge in [0.15, 0.2) is 0 Å². The summed E-state index contributed by atoms with van der Waals surface area (Å²) in [4.78, 5) is 33.6. The minimum absolute atomic E-state index is 0.0916. The van der Waals surface area contributed by atoms with Gasteiger partial charge in [-0.15, -0.1) is 0 Å². The molecule has 1 aromatic carbocycles. The van der Waals surface area contributed by atoms with Crippen LogP contribution in [0.25, 0.3) is 0 Å². The molecule has 236 valence electrons. The largest absolute Gasteiger partial charge is 0.494 e. The van der Waals surface area contributed by atoms with Crippen LogP contribution in [0.3, 0.4) is 0 Å². The van der Waals surface area contributed by atoms with Crippen LogP contribution < -0.4 is 10.4 Å². The molecule has 1 saturated carbocycles. The Morgan fingerprint density at radius 1 is 1.00 bits per heavy atom. The summed E-state index contributed by atoms with van der Waals surface area (Å²) in [6.07, 6.45) is 2.24. The third-order valence-corrected chi connectivity index (χ3v) is 11.1. The van der Waals surface area contributed by atoms with Crippen LogP contribution in [0.4, 0.5) is 10.5 Å². The molecule has 10 heteroatoms. The molecule has 4 fully saturated rings. The van der Waals surface area contributed by atoms with Crippen molar-refractivity contribution < 1.29 is 28.7 Å². The number of anilines is 1. The second kappa shape index (κ2) is 9.93. The number of carbonyl (C=O) groups excluding carboxylic acids is 2. The highest BCUT2D eigenvalue weighted by atomic mass is 16.7. The average molecular weight is 596 g/mol. The number of fused-ring (bicyclic) bond motifs is 2. The molecule has 3 saturated heterocycles. The van der Waals surface area contributed by atoms with E-state index in [-0.39, 0.29) is 29.6 Å². The monoisotopic (exact) mass is 595 g/mol. The molecule has 43 heavy (non-hydrogen) atoms. The van der Waals surface area contributed by atoms with E-state index < -0.39 is 29.3 Å². The van der Waals surface area contributed by atoms with Crippen molar-refractivity contribution in [3.63, 3.8) is 0 Å². The summed E-state index contributed by atoms with van der Waals surface area (Å²) in [5, 5.41) is 10.6. The SMILES string of the molecule is CC(C)(C)OC(=O)N1CCC2(CC1)C(=O)N([C@H]1C[C@@H](N3C[C@@H](O)C(C)(C)C3)C1)c1cc(B3OC(C)(C)C(C)(C)O3)ccc12. The van der Waals surface area contributed by atoms with Crippen LogP contribution in [0.15, 0.2) is 18.2 Å². The maximum absolute atomic E-state index is 14.6. The van der Waals surface area contributed by atoms with E-state index in [9.17, 15) is 14.7 Å². The van der Waals surface area contributed by atoms with Gasteiger partial charge in [-0.1, -0.05) is 26.0 Å². The van der Waals surface area contributed by atoms with Crippen LogP contribution in [0.1, 0.15) is 93.6 Å². The predicted molar refractivity (Wildman–Crippen MR) is 167 cm³/mol. The number of hydrogen-bond acceptors (Lipinski definition) is 7. The summed E-state index contributed by atoms with van der Waals surface area (Å²) >= 11 is 0. The lowest BCUT2D eigenvalue weighted by molar-refractivity contribution is -0.126. The topological polar surface area (TPSA) is 91.8 Å². The van der Waals surface area contributed by atoms with Gasteiger partial charge in [-0.3, -0.25) is 9.69 Å². The summed E-state index contributed by atoms with van der Waals surface area (Å²) in [5.74, 6) is 0.141. The van der Waals surface area contributed by atoms with Gasteiger partial charge in [-0.25, -0.2) is 4.79 Å². The van der Waals surface area contributed by atoms with Crippen molar-refractivity contribution in [3.8, 4) is 0 Å². The molecule has 1 spiro atoms. The van der Waals surface area contributed by atoms with E-state index in [0.29, 0.717) is 38.5 Å². The Morgan fingerprint density at radius 3 is 2.14 bits per heavy atom. The van der Waals surface area contributed by atoms with Crippen LogP contribution in [0.5, 0.6) is 0 Å². The molecule has 9 nitrogen and oxygen atoms in total. The molecule has 0 bridgehead atoms. The van der Waals surface area contributed by atoms with Gasteiger partial charge in [0.25, 0.3) is 0 Å². The number of benzene rings is 1. The first kappa shape index (κ1) is 30.9. The van der Waals surface area contributed by atoms with E-state index >= 15 is 0 Å². The van der Waals surface area contributed by atoms with Gasteiger partial charge in [0.1, 0.15) is 5.60 Å². The predicted octanol–water partition coefficient (Wildman–Crippen LogP) is 3.83. The number of piperidine rings is 1. The lowest BCUT2D eigenvalue weighted by Gasteiger charge is -2.46. The zero-order chi connectivity index (χ0) is 31.3. The molecule has 1 atom stereocenters. The van der Waals surface area contributed by atoms with Crippen molar-refractivity contribution in [2.75, 3.05) is 31.1 Å². The van der Waals surface area contributed by atoms with Crippen LogP contribution in [-0.4, -0.2) is 95.2 Å². The first-order valence-electron chi connectivity index (χ1n) is 16.1. The molecule has 2 amide bonds. The Balaban J connectivity index is 1.27. The lowest BCUT2D eigenvalue weighted by atomic mass is 9.71. The van der Waals surface area contributed by atoms with Gasteiger partial charge in [0.05, 0.1) is 22.7 Å². The number of ether oxygens (including phenoxy) is 1.